The standard InChI is InChI=1S/C21H22N4O4S/c1-3-28-18-10-15(11-22-25-21-24-20(27)13-30-21)8-9-17(18)29-12-19(26)23-16-7-5-4-6-14(16)2/h4-11H,3,12-13H2,1-2H3,(H,23,26)(H,24,25,27). The summed E-state index contributed by atoms with van der Waals surface area (Å²) in [6.45, 7) is 4.08. The van der Waals surface area contributed by atoms with Crippen LogP contribution in [-0.2, 0) is 9.59 Å². The van der Waals surface area contributed by atoms with Crippen LogP contribution in [0.1, 0.15) is 18.1 Å². The second-order valence-electron chi connectivity index (χ2n) is 6.28. The van der Waals surface area contributed by atoms with Crippen LogP contribution < -0.4 is 20.1 Å². The summed E-state index contributed by atoms with van der Waals surface area (Å²) in [5.41, 5.74) is 2.47. The lowest BCUT2D eigenvalue weighted by Crippen LogP contribution is -2.20. The number of para-hydroxylation sites is 1. The minimum Gasteiger partial charge on any atom is -0.490 e. The highest BCUT2D eigenvalue weighted by molar-refractivity contribution is 8.15. The van der Waals surface area contributed by atoms with Crippen molar-refractivity contribution < 1.29 is 19.1 Å². The van der Waals surface area contributed by atoms with Gasteiger partial charge in [0.05, 0.1) is 18.6 Å². The highest BCUT2D eigenvalue weighted by Crippen LogP contribution is 2.28. The smallest absolute Gasteiger partial charge is 0.262 e. The number of nitrogens with zero attached hydrogens (tertiary/aromatic N) is 2. The number of rotatable bonds is 8. The van der Waals surface area contributed by atoms with Gasteiger partial charge in [-0.15, -0.1) is 5.10 Å². The largest absolute Gasteiger partial charge is 0.490 e. The molecule has 0 aliphatic carbocycles. The highest BCUT2D eigenvalue weighted by atomic mass is 32.2. The second kappa shape index (κ2) is 10.4. The van der Waals surface area contributed by atoms with Gasteiger partial charge in [0.2, 0.25) is 5.91 Å². The van der Waals surface area contributed by atoms with E-state index in [1.54, 1.807) is 24.4 Å². The normalized spacial score (nSPS) is 14.7. The Hall–Kier alpha value is -3.33. The molecule has 0 spiro atoms. The molecule has 1 fully saturated rings. The predicted octanol–water partition coefficient (Wildman–Crippen LogP) is 2.96. The zero-order chi connectivity index (χ0) is 21.3. The lowest BCUT2D eigenvalue weighted by atomic mass is 10.2. The monoisotopic (exact) mass is 426 g/mol. The Kier molecular flexibility index (Phi) is 7.45. The summed E-state index contributed by atoms with van der Waals surface area (Å²) in [5, 5.41) is 13.9. The number of nitrogens with one attached hydrogen (secondary N) is 2. The van der Waals surface area contributed by atoms with E-state index in [-0.39, 0.29) is 18.4 Å². The van der Waals surface area contributed by atoms with Crippen molar-refractivity contribution in [2.75, 3.05) is 24.3 Å². The molecule has 30 heavy (non-hydrogen) atoms. The summed E-state index contributed by atoms with van der Waals surface area (Å²) in [7, 11) is 0. The summed E-state index contributed by atoms with van der Waals surface area (Å²) in [4.78, 5) is 23.4. The van der Waals surface area contributed by atoms with Gasteiger partial charge < -0.3 is 20.1 Å². The first-order valence-electron chi connectivity index (χ1n) is 9.34. The van der Waals surface area contributed by atoms with E-state index in [9.17, 15) is 9.59 Å². The van der Waals surface area contributed by atoms with E-state index in [0.717, 1.165) is 16.8 Å². The number of anilines is 1. The van der Waals surface area contributed by atoms with Crippen molar-refractivity contribution in [1.82, 2.24) is 5.32 Å². The molecular weight excluding hydrogens is 404 g/mol. The van der Waals surface area contributed by atoms with Crippen molar-refractivity contribution in [3.05, 3.63) is 53.6 Å². The quantitative estimate of drug-likeness (QED) is 0.499. The second-order valence-corrected chi connectivity index (χ2v) is 7.24. The van der Waals surface area contributed by atoms with Crippen LogP contribution >= 0.6 is 11.8 Å². The molecule has 3 rings (SSSR count). The summed E-state index contributed by atoms with van der Waals surface area (Å²) in [6, 6.07) is 12.8. The average Bonchev–Trinajstić information content (AvgIpc) is 3.14. The third-order valence-corrected chi connectivity index (χ3v) is 4.85. The Bertz CT molecular complexity index is 991. The number of thioether (sulfide) groups is 1. The van der Waals surface area contributed by atoms with Crippen molar-refractivity contribution in [3.63, 3.8) is 0 Å². The third-order valence-electron chi connectivity index (χ3n) is 3.99. The molecule has 9 heteroatoms. The van der Waals surface area contributed by atoms with E-state index in [1.807, 2.05) is 38.1 Å². The first kappa shape index (κ1) is 21.4. The molecule has 0 bridgehead atoms. The molecule has 8 nitrogen and oxygen atoms in total. The number of ether oxygens (including phenoxy) is 2. The maximum atomic E-state index is 12.2. The van der Waals surface area contributed by atoms with Crippen molar-refractivity contribution in [1.29, 1.82) is 0 Å². The molecule has 2 aromatic carbocycles. The van der Waals surface area contributed by atoms with Gasteiger partial charge in [-0.2, -0.15) is 5.10 Å². The average molecular weight is 426 g/mol. The number of hydrogen-bond acceptors (Lipinski definition) is 7. The van der Waals surface area contributed by atoms with E-state index >= 15 is 0 Å². The fraction of sp³-hybridized carbons (Fsp3) is 0.238. The van der Waals surface area contributed by atoms with Crippen LogP contribution in [0.4, 0.5) is 5.69 Å². The Morgan fingerprint density at radius 1 is 1.23 bits per heavy atom. The molecule has 156 valence electrons. The van der Waals surface area contributed by atoms with Gasteiger partial charge in [0.1, 0.15) is 0 Å². The minimum absolute atomic E-state index is 0.0828. The molecule has 1 aliphatic rings. The Labute approximate surface area is 178 Å². The molecule has 0 atom stereocenters. The van der Waals surface area contributed by atoms with E-state index in [4.69, 9.17) is 9.47 Å². The molecule has 2 aromatic rings. The maximum absolute atomic E-state index is 12.2. The Balaban J connectivity index is 1.62. The lowest BCUT2D eigenvalue weighted by Gasteiger charge is -2.13. The molecule has 0 saturated carbocycles. The van der Waals surface area contributed by atoms with Gasteiger partial charge >= 0.3 is 0 Å². The Morgan fingerprint density at radius 3 is 2.80 bits per heavy atom. The molecule has 0 unspecified atom stereocenters. The number of aryl methyl sites for hydroxylation is 1. The SMILES string of the molecule is CCOc1cc(C=NN=C2NC(=O)CS2)ccc1OCC(=O)Nc1ccccc1C. The molecule has 1 heterocycles. The maximum Gasteiger partial charge on any atom is 0.262 e. The number of amides is 2. The summed E-state index contributed by atoms with van der Waals surface area (Å²) in [5.74, 6) is 0.969. The molecule has 1 saturated heterocycles. The Morgan fingerprint density at radius 2 is 2.07 bits per heavy atom. The predicted molar refractivity (Wildman–Crippen MR) is 119 cm³/mol. The zero-order valence-electron chi connectivity index (χ0n) is 16.7. The fourth-order valence-corrected chi connectivity index (χ4v) is 3.19. The minimum atomic E-state index is -0.260. The first-order valence-corrected chi connectivity index (χ1v) is 10.3. The van der Waals surface area contributed by atoms with Crippen LogP contribution in [0.25, 0.3) is 0 Å². The molecule has 2 amide bonds. The molecule has 2 N–H and O–H groups in total. The number of amidine groups is 1. The van der Waals surface area contributed by atoms with Gasteiger partial charge in [-0.1, -0.05) is 30.0 Å². The van der Waals surface area contributed by atoms with Crippen molar-refractivity contribution >= 4 is 40.6 Å². The van der Waals surface area contributed by atoms with Crippen LogP contribution in [-0.4, -0.2) is 42.2 Å². The van der Waals surface area contributed by atoms with Crippen LogP contribution in [0.3, 0.4) is 0 Å². The van der Waals surface area contributed by atoms with E-state index in [1.165, 1.54) is 11.8 Å². The van der Waals surface area contributed by atoms with Crippen LogP contribution in [0.2, 0.25) is 0 Å². The van der Waals surface area contributed by atoms with Gasteiger partial charge in [0.25, 0.3) is 5.91 Å². The molecule has 1 aliphatic heterocycles. The summed E-state index contributed by atoms with van der Waals surface area (Å²) < 4.78 is 11.3. The molecule has 0 radical (unpaired) electrons. The molecule has 0 aromatic heterocycles. The van der Waals surface area contributed by atoms with Crippen LogP contribution in [0.5, 0.6) is 11.5 Å². The van der Waals surface area contributed by atoms with Gasteiger partial charge in [-0.3, -0.25) is 9.59 Å². The van der Waals surface area contributed by atoms with Gasteiger partial charge in [0.15, 0.2) is 23.3 Å². The van der Waals surface area contributed by atoms with Gasteiger partial charge in [0, 0.05) is 5.69 Å². The van der Waals surface area contributed by atoms with Crippen molar-refractivity contribution in [2.24, 2.45) is 10.2 Å². The lowest BCUT2D eigenvalue weighted by molar-refractivity contribution is -0.118. The number of hydrogen-bond donors (Lipinski definition) is 2. The fourth-order valence-electron chi connectivity index (χ4n) is 2.56. The molecular formula is C21H22N4O4S. The van der Waals surface area contributed by atoms with Crippen LogP contribution in [0, 0.1) is 6.92 Å². The van der Waals surface area contributed by atoms with Crippen molar-refractivity contribution in [2.45, 2.75) is 13.8 Å². The van der Waals surface area contributed by atoms with Gasteiger partial charge in [-0.05, 0) is 49.2 Å². The third kappa shape index (κ3) is 6.08. The number of benzene rings is 2. The van der Waals surface area contributed by atoms with E-state index < -0.39 is 0 Å². The van der Waals surface area contributed by atoms with E-state index in [0.29, 0.717) is 29.0 Å². The topological polar surface area (TPSA) is 101 Å². The van der Waals surface area contributed by atoms with E-state index in [2.05, 4.69) is 20.8 Å². The van der Waals surface area contributed by atoms with Crippen molar-refractivity contribution in [3.8, 4) is 11.5 Å². The number of carbonyl (C=O) groups excluding carboxylic acids is 2. The zero-order valence-corrected chi connectivity index (χ0v) is 17.5. The summed E-state index contributed by atoms with van der Waals surface area (Å²) in [6.07, 6.45) is 1.55. The summed E-state index contributed by atoms with van der Waals surface area (Å²) >= 11 is 1.30. The highest BCUT2D eigenvalue weighted by Gasteiger charge is 2.16. The number of carbonyl (C=O) groups is 2. The first-order chi connectivity index (χ1) is 14.5. The van der Waals surface area contributed by atoms with Gasteiger partial charge in [-0.25, -0.2) is 0 Å². The van der Waals surface area contributed by atoms with Crippen LogP contribution in [0.15, 0.2) is 52.7 Å².